The smallest absolute Gasteiger partial charge is 0.267 e. The molecule has 1 aliphatic rings. The molecule has 5 nitrogen and oxygen atoms in total. The second-order valence-corrected chi connectivity index (χ2v) is 8.21. The van der Waals surface area contributed by atoms with Gasteiger partial charge in [-0.1, -0.05) is 35.9 Å². The molecule has 0 spiro atoms. The zero-order valence-electron chi connectivity index (χ0n) is 16.1. The molecular formula is C23H24ClN3O2. The second-order valence-electron chi connectivity index (χ2n) is 7.78. The summed E-state index contributed by atoms with van der Waals surface area (Å²) in [7, 11) is 0. The number of nitrogens with two attached hydrogens (primary N) is 1. The summed E-state index contributed by atoms with van der Waals surface area (Å²) in [6.07, 6.45) is 3.39. The number of aromatic nitrogens is 2. The van der Waals surface area contributed by atoms with Crippen molar-refractivity contribution in [3.8, 4) is 17.0 Å². The maximum atomic E-state index is 12.5. The summed E-state index contributed by atoms with van der Waals surface area (Å²) in [5.41, 5.74) is 8.59. The predicted molar refractivity (Wildman–Crippen MR) is 115 cm³/mol. The largest absolute Gasteiger partial charge is 0.508 e. The van der Waals surface area contributed by atoms with Crippen LogP contribution in [-0.4, -0.2) is 21.4 Å². The van der Waals surface area contributed by atoms with Crippen LogP contribution in [0.25, 0.3) is 11.3 Å². The van der Waals surface area contributed by atoms with Crippen LogP contribution in [0.1, 0.15) is 37.3 Å². The molecule has 1 aromatic heterocycles. The first-order valence-electron chi connectivity index (χ1n) is 9.86. The molecule has 0 atom stereocenters. The number of nitrogens with zero attached hydrogens (tertiary/aromatic N) is 2. The number of halogens is 1. The molecule has 3 aromatic rings. The summed E-state index contributed by atoms with van der Waals surface area (Å²) in [6.45, 7) is 0.547. The minimum atomic E-state index is -0.117. The predicted octanol–water partition coefficient (Wildman–Crippen LogP) is 4.28. The van der Waals surface area contributed by atoms with E-state index in [-0.39, 0.29) is 22.8 Å². The maximum Gasteiger partial charge on any atom is 0.267 e. The molecule has 1 fully saturated rings. The van der Waals surface area contributed by atoms with E-state index in [0.717, 1.165) is 31.2 Å². The highest BCUT2D eigenvalue weighted by Crippen LogP contribution is 2.42. The molecule has 6 heteroatoms. The molecule has 0 unspecified atom stereocenters. The summed E-state index contributed by atoms with van der Waals surface area (Å²) in [5.74, 6) is 0.175. The van der Waals surface area contributed by atoms with Crippen LogP contribution in [0.4, 0.5) is 0 Å². The van der Waals surface area contributed by atoms with Crippen molar-refractivity contribution >= 4 is 11.6 Å². The molecule has 2 aromatic carbocycles. The molecular weight excluding hydrogens is 386 g/mol. The molecule has 1 heterocycles. The Morgan fingerprint density at radius 1 is 1.10 bits per heavy atom. The quantitative estimate of drug-likeness (QED) is 0.673. The van der Waals surface area contributed by atoms with Crippen LogP contribution in [0.3, 0.4) is 0 Å². The Balaban J connectivity index is 1.60. The normalized spacial score (nSPS) is 21.8. The lowest BCUT2D eigenvalue weighted by Crippen LogP contribution is -2.41. The van der Waals surface area contributed by atoms with Crippen LogP contribution in [-0.2, 0) is 5.41 Å². The maximum absolute atomic E-state index is 12.5. The van der Waals surface area contributed by atoms with Gasteiger partial charge in [0.1, 0.15) is 5.75 Å². The highest BCUT2D eigenvalue weighted by Gasteiger charge is 2.37. The summed E-state index contributed by atoms with van der Waals surface area (Å²) in [5, 5.41) is 15.1. The second kappa shape index (κ2) is 8.01. The van der Waals surface area contributed by atoms with Crippen molar-refractivity contribution in [1.82, 2.24) is 9.78 Å². The molecule has 29 heavy (non-hydrogen) atoms. The van der Waals surface area contributed by atoms with Crippen molar-refractivity contribution in [1.29, 1.82) is 0 Å². The fourth-order valence-electron chi connectivity index (χ4n) is 4.33. The van der Waals surface area contributed by atoms with Crippen LogP contribution in [0, 0.1) is 0 Å². The Bertz CT molecular complexity index is 1070. The molecule has 150 valence electrons. The monoisotopic (exact) mass is 409 g/mol. The lowest BCUT2D eigenvalue weighted by molar-refractivity contribution is 0.222. The van der Waals surface area contributed by atoms with E-state index >= 15 is 0 Å². The Morgan fingerprint density at radius 2 is 1.86 bits per heavy atom. The van der Waals surface area contributed by atoms with E-state index in [1.807, 2.05) is 24.3 Å². The highest BCUT2D eigenvalue weighted by molar-refractivity contribution is 6.30. The van der Waals surface area contributed by atoms with Crippen LogP contribution in [0.15, 0.2) is 65.5 Å². The minimum Gasteiger partial charge on any atom is -0.508 e. The number of hydrogen-bond donors (Lipinski definition) is 2. The fourth-order valence-corrected chi connectivity index (χ4v) is 4.53. The molecule has 1 aliphatic carbocycles. The van der Waals surface area contributed by atoms with Gasteiger partial charge in [-0.2, -0.15) is 5.10 Å². The van der Waals surface area contributed by atoms with Crippen molar-refractivity contribution in [3.05, 3.63) is 81.6 Å². The number of benzene rings is 2. The van der Waals surface area contributed by atoms with Gasteiger partial charge in [-0.3, -0.25) is 4.79 Å². The van der Waals surface area contributed by atoms with Gasteiger partial charge < -0.3 is 10.8 Å². The molecule has 0 radical (unpaired) electrons. The molecule has 3 N–H and O–H groups in total. The van der Waals surface area contributed by atoms with Gasteiger partial charge in [0.15, 0.2) is 0 Å². The lowest BCUT2D eigenvalue weighted by atomic mass is 9.68. The van der Waals surface area contributed by atoms with Crippen LogP contribution in [0.5, 0.6) is 5.75 Å². The first-order chi connectivity index (χ1) is 14.0. The first-order valence-corrected chi connectivity index (χ1v) is 10.2. The van der Waals surface area contributed by atoms with Crippen LogP contribution in [0.2, 0.25) is 5.02 Å². The Morgan fingerprint density at radius 3 is 2.55 bits per heavy atom. The Labute approximate surface area is 174 Å². The summed E-state index contributed by atoms with van der Waals surface area (Å²) >= 11 is 6.20. The van der Waals surface area contributed by atoms with Crippen molar-refractivity contribution in [2.45, 2.75) is 37.1 Å². The summed E-state index contributed by atoms with van der Waals surface area (Å²) in [6, 6.07) is 18.1. The van der Waals surface area contributed by atoms with Gasteiger partial charge in [0.2, 0.25) is 0 Å². The number of phenolic OH excluding ortho intramolecular Hbond substituents is 1. The van der Waals surface area contributed by atoms with Crippen LogP contribution >= 0.6 is 11.6 Å². The highest BCUT2D eigenvalue weighted by atomic mass is 35.5. The Kier molecular flexibility index (Phi) is 5.43. The molecule has 0 aliphatic heterocycles. The van der Waals surface area contributed by atoms with Gasteiger partial charge >= 0.3 is 0 Å². The average molecular weight is 410 g/mol. The third-order valence-electron chi connectivity index (χ3n) is 6.05. The van der Waals surface area contributed by atoms with Gasteiger partial charge in [0.05, 0.1) is 11.7 Å². The van der Waals surface area contributed by atoms with Crippen molar-refractivity contribution in [3.63, 3.8) is 0 Å². The van der Waals surface area contributed by atoms with Crippen molar-refractivity contribution in [2.24, 2.45) is 5.73 Å². The molecule has 0 bridgehead atoms. The minimum absolute atomic E-state index is 0.0265. The number of hydrogen-bond acceptors (Lipinski definition) is 4. The van der Waals surface area contributed by atoms with E-state index in [4.69, 9.17) is 17.3 Å². The number of phenols is 1. The first kappa shape index (κ1) is 19.7. The van der Waals surface area contributed by atoms with E-state index in [1.54, 1.807) is 35.0 Å². The van der Waals surface area contributed by atoms with Gasteiger partial charge in [-0.15, -0.1) is 0 Å². The standard InChI is InChI=1S/C23H24ClN3O2/c24-18-5-2-4-17(14-18)23(15-25)11-9-19(10-12-23)27-22(29)8-7-21(26-27)16-3-1-6-20(28)13-16/h1-8,13-14,19,28H,9-12,15,25H2/t19-,23-. The fraction of sp³-hybridized carbons (Fsp3) is 0.304. The number of aromatic hydroxyl groups is 1. The average Bonchev–Trinajstić information content (AvgIpc) is 2.74. The van der Waals surface area contributed by atoms with Crippen LogP contribution < -0.4 is 11.3 Å². The van der Waals surface area contributed by atoms with Gasteiger partial charge in [-0.05, 0) is 61.6 Å². The molecule has 4 rings (SSSR count). The zero-order chi connectivity index (χ0) is 20.4. The topological polar surface area (TPSA) is 81.1 Å². The molecule has 1 saturated carbocycles. The van der Waals surface area contributed by atoms with Gasteiger partial charge in [-0.25, -0.2) is 4.68 Å². The van der Waals surface area contributed by atoms with E-state index in [9.17, 15) is 9.90 Å². The number of rotatable bonds is 4. The zero-order valence-corrected chi connectivity index (χ0v) is 16.8. The van der Waals surface area contributed by atoms with E-state index in [0.29, 0.717) is 17.3 Å². The van der Waals surface area contributed by atoms with Crippen molar-refractivity contribution in [2.75, 3.05) is 6.54 Å². The van der Waals surface area contributed by atoms with E-state index in [2.05, 4.69) is 11.2 Å². The van der Waals surface area contributed by atoms with Crippen molar-refractivity contribution < 1.29 is 5.11 Å². The van der Waals surface area contributed by atoms with E-state index in [1.165, 1.54) is 5.56 Å². The lowest BCUT2D eigenvalue weighted by Gasteiger charge is -2.40. The molecule has 0 amide bonds. The SMILES string of the molecule is NC[C@]1(c2cccc(Cl)c2)CC[C@H](n2nc(-c3cccc(O)c3)ccc2=O)CC1. The Hall–Kier alpha value is -2.63. The summed E-state index contributed by atoms with van der Waals surface area (Å²) < 4.78 is 1.60. The van der Waals surface area contributed by atoms with E-state index < -0.39 is 0 Å². The summed E-state index contributed by atoms with van der Waals surface area (Å²) in [4.78, 5) is 12.5. The third-order valence-corrected chi connectivity index (χ3v) is 6.29. The molecule has 0 saturated heterocycles. The van der Waals surface area contributed by atoms with Gasteiger partial charge in [0, 0.05) is 28.6 Å². The third kappa shape index (κ3) is 3.93. The van der Waals surface area contributed by atoms with Gasteiger partial charge in [0.25, 0.3) is 5.56 Å².